The molecule has 1 heterocycles. The van der Waals surface area contributed by atoms with Crippen LogP contribution in [0.15, 0.2) is 89.5 Å². The van der Waals surface area contributed by atoms with Crippen LogP contribution in [0.4, 0.5) is 0 Å². The van der Waals surface area contributed by atoms with Crippen LogP contribution in [-0.4, -0.2) is 22.7 Å². The standard InChI is InChI=1S/C26H25N3O3/c1-19-9-8-14-22(15-19)25-28-26(32-29-25)23(16-20-10-4-2-5-11-20)27-24(30)18-31-17-21-12-6-3-7-13-21/h2-15,23H,16-18H2,1H3,(H,27,30). The summed E-state index contributed by atoms with van der Waals surface area (Å²) in [6, 6.07) is 27.1. The molecule has 1 atom stereocenters. The van der Waals surface area contributed by atoms with Crippen LogP contribution in [-0.2, 0) is 22.6 Å². The van der Waals surface area contributed by atoms with E-state index in [2.05, 4.69) is 15.5 Å². The summed E-state index contributed by atoms with van der Waals surface area (Å²) in [6.07, 6.45) is 0.528. The summed E-state index contributed by atoms with van der Waals surface area (Å²) in [4.78, 5) is 17.2. The molecule has 4 rings (SSSR count). The molecule has 0 saturated carbocycles. The Morgan fingerprint density at radius 3 is 2.41 bits per heavy atom. The van der Waals surface area contributed by atoms with Gasteiger partial charge < -0.3 is 14.6 Å². The maximum absolute atomic E-state index is 12.6. The Balaban J connectivity index is 1.46. The Morgan fingerprint density at radius 2 is 1.69 bits per heavy atom. The number of benzene rings is 3. The maximum atomic E-state index is 12.6. The minimum absolute atomic E-state index is 0.0565. The fraction of sp³-hybridized carbons (Fsp3) is 0.192. The molecular weight excluding hydrogens is 402 g/mol. The van der Waals surface area contributed by atoms with E-state index in [1.165, 1.54) is 0 Å². The highest BCUT2D eigenvalue weighted by molar-refractivity contribution is 5.77. The third-order valence-corrected chi connectivity index (χ3v) is 4.98. The summed E-state index contributed by atoms with van der Waals surface area (Å²) in [7, 11) is 0. The minimum atomic E-state index is -0.462. The lowest BCUT2D eigenvalue weighted by atomic mass is 10.1. The maximum Gasteiger partial charge on any atom is 0.249 e. The Kier molecular flexibility index (Phi) is 7.05. The molecule has 0 aliphatic heterocycles. The monoisotopic (exact) mass is 427 g/mol. The van der Waals surface area contributed by atoms with Crippen LogP contribution in [0.25, 0.3) is 11.4 Å². The Bertz CT molecular complexity index is 1140. The van der Waals surface area contributed by atoms with Gasteiger partial charge in [-0.05, 0) is 24.1 Å². The van der Waals surface area contributed by atoms with Gasteiger partial charge in [0, 0.05) is 12.0 Å². The Morgan fingerprint density at radius 1 is 0.969 bits per heavy atom. The number of nitrogens with one attached hydrogen (secondary N) is 1. The highest BCUT2D eigenvalue weighted by Gasteiger charge is 2.22. The van der Waals surface area contributed by atoms with Gasteiger partial charge in [0.15, 0.2) is 0 Å². The lowest BCUT2D eigenvalue weighted by molar-refractivity contribution is -0.127. The van der Waals surface area contributed by atoms with Gasteiger partial charge in [-0.15, -0.1) is 0 Å². The van der Waals surface area contributed by atoms with Crippen molar-refractivity contribution in [3.8, 4) is 11.4 Å². The van der Waals surface area contributed by atoms with E-state index in [0.29, 0.717) is 24.7 Å². The molecule has 1 N–H and O–H groups in total. The second-order valence-corrected chi connectivity index (χ2v) is 7.61. The van der Waals surface area contributed by atoms with Gasteiger partial charge >= 0.3 is 0 Å². The predicted octanol–water partition coefficient (Wildman–Crippen LogP) is 4.66. The van der Waals surface area contributed by atoms with Crippen molar-refractivity contribution >= 4 is 5.91 Å². The molecule has 0 bridgehead atoms. The van der Waals surface area contributed by atoms with Gasteiger partial charge in [-0.1, -0.05) is 89.6 Å². The van der Waals surface area contributed by atoms with Crippen LogP contribution in [0.1, 0.15) is 28.6 Å². The van der Waals surface area contributed by atoms with E-state index in [4.69, 9.17) is 9.26 Å². The molecule has 4 aromatic rings. The zero-order valence-electron chi connectivity index (χ0n) is 17.9. The van der Waals surface area contributed by atoms with Gasteiger partial charge in [0.1, 0.15) is 12.6 Å². The second-order valence-electron chi connectivity index (χ2n) is 7.61. The normalized spacial score (nSPS) is 11.8. The van der Waals surface area contributed by atoms with E-state index in [0.717, 1.165) is 22.3 Å². The number of aryl methyl sites for hydroxylation is 1. The number of amides is 1. The highest BCUT2D eigenvalue weighted by Crippen LogP contribution is 2.22. The fourth-order valence-corrected chi connectivity index (χ4v) is 3.40. The number of carbonyl (C=O) groups excluding carboxylic acids is 1. The van der Waals surface area contributed by atoms with Crippen molar-refractivity contribution < 1.29 is 14.1 Å². The molecular formula is C26H25N3O3. The first-order valence-electron chi connectivity index (χ1n) is 10.5. The summed E-state index contributed by atoms with van der Waals surface area (Å²) < 4.78 is 11.1. The average Bonchev–Trinajstić information content (AvgIpc) is 3.31. The molecule has 3 aromatic carbocycles. The third kappa shape index (κ3) is 5.89. The van der Waals surface area contributed by atoms with Crippen LogP contribution in [0, 0.1) is 6.92 Å². The summed E-state index contributed by atoms with van der Waals surface area (Å²) in [5.74, 6) is 0.621. The number of nitrogens with zero attached hydrogens (tertiary/aromatic N) is 2. The van der Waals surface area contributed by atoms with Crippen LogP contribution >= 0.6 is 0 Å². The average molecular weight is 428 g/mol. The van der Waals surface area contributed by atoms with Crippen molar-refractivity contribution in [3.05, 3.63) is 108 Å². The van der Waals surface area contributed by atoms with Crippen LogP contribution in [0.2, 0.25) is 0 Å². The lowest BCUT2D eigenvalue weighted by Gasteiger charge is -2.15. The molecule has 1 unspecified atom stereocenters. The summed E-state index contributed by atoms with van der Waals surface area (Å²) in [6.45, 7) is 2.33. The van der Waals surface area contributed by atoms with Gasteiger partial charge in [0.2, 0.25) is 17.6 Å². The highest BCUT2D eigenvalue weighted by atomic mass is 16.5. The first-order chi connectivity index (χ1) is 15.7. The van der Waals surface area contributed by atoms with Crippen molar-refractivity contribution in [1.82, 2.24) is 15.5 Å². The van der Waals surface area contributed by atoms with Crippen LogP contribution < -0.4 is 5.32 Å². The van der Waals surface area contributed by atoms with Crippen LogP contribution in [0.5, 0.6) is 0 Å². The molecule has 0 saturated heterocycles. The lowest BCUT2D eigenvalue weighted by Crippen LogP contribution is -2.33. The summed E-state index contributed by atoms with van der Waals surface area (Å²) >= 11 is 0. The number of ether oxygens (including phenoxy) is 1. The van der Waals surface area contributed by atoms with Crippen molar-refractivity contribution in [1.29, 1.82) is 0 Å². The Labute approximate surface area is 187 Å². The third-order valence-electron chi connectivity index (χ3n) is 4.98. The van der Waals surface area contributed by atoms with Crippen molar-refractivity contribution in [2.75, 3.05) is 6.61 Å². The number of hydrogen-bond acceptors (Lipinski definition) is 5. The molecule has 6 nitrogen and oxygen atoms in total. The van der Waals surface area contributed by atoms with Gasteiger partial charge in [-0.25, -0.2) is 0 Å². The van der Waals surface area contributed by atoms with Gasteiger partial charge in [-0.3, -0.25) is 4.79 Å². The van der Waals surface area contributed by atoms with Crippen molar-refractivity contribution in [2.45, 2.75) is 26.0 Å². The Hall–Kier alpha value is -3.77. The quantitative estimate of drug-likeness (QED) is 0.420. The molecule has 0 fully saturated rings. The van der Waals surface area contributed by atoms with Gasteiger partial charge in [0.05, 0.1) is 6.61 Å². The second kappa shape index (κ2) is 10.5. The van der Waals surface area contributed by atoms with E-state index in [9.17, 15) is 4.79 Å². The van der Waals surface area contributed by atoms with E-state index >= 15 is 0 Å². The molecule has 162 valence electrons. The first kappa shape index (κ1) is 21.5. The molecule has 0 radical (unpaired) electrons. The van der Waals surface area contributed by atoms with E-state index in [-0.39, 0.29) is 12.5 Å². The topological polar surface area (TPSA) is 77.2 Å². The minimum Gasteiger partial charge on any atom is -0.367 e. The molecule has 32 heavy (non-hydrogen) atoms. The van der Waals surface area contributed by atoms with E-state index in [1.54, 1.807) is 0 Å². The van der Waals surface area contributed by atoms with Gasteiger partial charge in [0.25, 0.3) is 0 Å². The zero-order valence-corrected chi connectivity index (χ0v) is 17.9. The molecule has 0 aliphatic carbocycles. The van der Waals surface area contributed by atoms with Crippen molar-refractivity contribution in [2.24, 2.45) is 0 Å². The molecule has 1 aromatic heterocycles. The summed E-state index contributed by atoms with van der Waals surface area (Å²) in [5, 5.41) is 7.11. The predicted molar refractivity (Wildman–Crippen MR) is 122 cm³/mol. The molecule has 0 spiro atoms. The van der Waals surface area contributed by atoms with E-state index in [1.807, 2.05) is 91.9 Å². The number of hydrogen-bond donors (Lipinski definition) is 1. The summed E-state index contributed by atoms with van der Waals surface area (Å²) in [5.41, 5.74) is 4.05. The molecule has 0 aliphatic rings. The van der Waals surface area contributed by atoms with Crippen molar-refractivity contribution in [3.63, 3.8) is 0 Å². The number of aromatic nitrogens is 2. The van der Waals surface area contributed by atoms with E-state index < -0.39 is 6.04 Å². The zero-order chi connectivity index (χ0) is 22.2. The number of rotatable bonds is 9. The molecule has 6 heteroatoms. The fourth-order valence-electron chi connectivity index (χ4n) is 3.40. The van der Waals surface area contributed by atoms with Crippen LogP contribution in [0.3, 0.4) is 0 Å². The van der Waals surface area contributed by atoms with Gasteiger partial charge in [-0.2, -0.15) is 4.98 Å². The first-order valence-corrected chi connectivity index (χ1v) is 10.5. The number of carbonyl (C=O) groups is 1. The smallest absolute Gasteiger partial charge is 0.249 e. The molecule has 1 amide bonds. The SMILES string of the molecule is Cc1cccc(-c2noc(C(Cc3ccccc3)NC(=O)COCc3ccccc3)n2)c1. The largest absolute Gasteiger partial charge is 0.367 e.